The maximum Gasteiger partial charge on any atom is 0.269 e. The van der Waals surface area contributed by atoms with Crippen molar-refractivity contribution in [2.45, 2.75) is 6.42 Å². The summed E-state index contributed by atoms with van der Waals surface area (Å²) in [5.41, 5.74) is 0.418. The summed E-state index contributed by atoms with van der Waals surface area (Å²) < 4.78 is 5.53. The number of carbonyl (C=O) groups is 1. The van der Waals surface area contributed by atoms with E-state index in [2.05, 4.69) is 26.2 Å². The molecule has 0 fully saturated rings. The maximum atomic E-state index is 11.5. The fourth-order valence-electron chi connectivity index (χ4n) is 1.04. The van der Waals surface area contributed by atoms with Crippen LogP contribution in [-0.4, -0.2) is 31.2 Å². The molecule has 1 amide bonds. The number of nitrogens with one attached hydrogen (secondary N) is 1. The molecule has 1 aromatic heterocycles. The average Bonchev–Trinajstić information content (AvgIpc) is 2.24. The first-order chi connectivity index (χ1) is 7.24. The lowest BCUT2D eigenvalue weighted by molar-refractivity contribution is 0.0943. The summed E-state index contributed by atoms with van der Waals surface area (Å²) in [6.07, 6.45) is 0.802. The van der Waals surface area contributed by atoms with Crippen LogP contribution >= 0.6 is 15.9 Å². The van der Waals surface area contributed by atoms with E-state index < -0.39 is 0 Å². The molecule has 82 valence electrons. The van der Waals surface area contributed by atoms with Crippen molar-refractivity contribution in [2.24, 2.45) is 0 Å². The van der Waals surface area contributed by atoms with Gasteiger partial charge in [-0.2, -0.15) is 0 Å². The highest BCUT2D eigenvalue weighted by molar-refractivity contribution is 9.10. The van der Waals surface area contributed by atoms with Crippen LogP contribution in [0.3, 0.4) is 0 Å². The SMILES string of the molecule is COCCCNC(=O)c1cccc(Br)n1. The molecule has 0 unspecified atom stereocenters. The summed E-state index contributed by atoms with van der Waals surface area (Å²) in [5, 5.41) is 2.76. The molecule has 0 saturated carbocycles. The largest absolute Gasteiger partial charge is 0.385 e. The van der Waals surface area contributed by atoms with Crippen LogP contribution in [0.15, 0.2) is 22.8 Å². The molecule has 5 heteroatoms. The second kappa shape index (κ2) is 6.53. The lowest BCUT2D eigenvalue weighted by atomic mass is 10.3. The van der Waals surface area contributed by atoms with Crippen LogP contribution in [0.25, 0.3) is 0 Å². The number of hydrogen-bond acceptors (Lipinski definition) is 3. The summed E-state index contributed by atoms with van der Waals surface area (Å²) in [4.78, 5) is 15.6. The van der Waals surface area contributed by atoms with Gasteiger partial charge in [0, 0.05) is 20.3 Å². The Hall–Kier alpha value is -0.940. The van der Waals surface area contributed by atoms with Gasteiger partial charge < -0.3 is 10.1 Å². The molecule has 0 spiro atoms. The monoisotopic (exact) mass is 272 g/mol. The molecule has 0 aliphatic heterocycles. The fourth-order valence-corrected chi connectivity index (χ4v) is 1.39. The number of methoxy groups -OCH3 is 1. The van der Waals surface area contributed by atoms with Crippen LogP contribution in [0.2, 0.25) is 0 Å². The molecule has 15 heavy (non-hydrogen) atoms. The molecular weight excluding hydrogens is 260 g/mol. The van der Waals surface area contributed by atoms with Crippen LogP contribution in [0.5, 0.6) is 0 Å². The highest BCUT2D eigenvalue weighted by atomic mass is 79.9. The Bertz CT molecular complexity index is 331. The highest BCUT2D eigenvalue weighted by Gasteiger charge is 2.05. The number of ether oxygens (including phenoxy) is 1. The van der Waals surface area contributed by atoms with Gasteiger partial charge in [0.05, 0.1) is 0 Å². The minimum Gasteiger partial charge on any atom is -0.385 e. The molecule has 0 aliphatic rings. The van der Waals surface area contributed by atoms with Crippen LogP contribution in [0.1, 0.15) is 16.9 Å². The van der Waals surface area contributed by atoms with Gasteiger partial charge in [-0.3, -0.25) is 4.79 Å². The van der Waals surface area contributed by atoms with Crippen molar-refractivity contribution >= 4 is 21.8 Å². The number of hydrogen-bond donors (Lipinski definition) is 1. The number of aromatic nitrogens is 1. The minimum absolute atomic E-state index is 0.160. The van der Waals surface area contributed by atoms with Gasteiger partial charge in [-0.15, -0.1) is 0 Å². The third kappa shape index (κ3) is 4.40. The van der Waals surface area contributed by atoms with E-state index in [-0.39, 0.29) is 5.91 Å². The zero-order chi connectivity index (χ0) is 11.1. The molecule has 4 nitrogen and oxygen atoms in total. The van der Waals surface area contributed by atoms with E-state index in [1.807, 2.05) is 0 Å². The number of nitrogens with zero attached hydrogens (tertiary/aromatic N) is 1. The third-order valence-corrected chi connectivity index (χ3v) is 2.20. The lowest BCUT2D eigenvalue weighted by Gasteiger charge is -2.04. The Morgan fingerprint density at radius 3 is 3.07 bits per heavy atom. The summed E-state index contributed by atoms with van der Waals surface area (Å²) in [6, 6.07) is 5.24. The van der Waals surface area contributed by atoms with E-state index in [0.717, 1.165) is 6.42 Å². The van der Waals surface area contributed by atoms with Crippen molar-refractivity contribution in [3.8, 4) is 0 Å². The molecule has 1 aromatic rings. The number of pyridine rings is 1. The van der Waals surface area contributed by atoms with Gasteiger partial charge >= 0.3 is 0 Å². The Morgan fingerprint density at radius 2 is 2.40 bits per heavy atom. The molecule has 0 aromatic carbocycles. The molecule has 0 radical (unpaired) electrons. The Morgan fingerprint density at radius 1 is 1.60 bits per heavy atom. The van der Waals surface area contributed by atoms with Crippen molar-refractivity contribution in [1.29, 1.82) is 0 Å². The van der Waals surface area contributed by atoms with Gasteiger partial charge in [-0.25, -0.2) is 4.98 Å². The van der Waals surface area contributed by atoms with E-state index in [0.29, 0.717) is 23.4 Å². The normalized spacial score (nSPS) is 10.0. The maximum absolute atomic E-state index is 11.5. The Labute approximate surface area is 97.2 Å². The quantitative estimate of drug-likeness (QED) is 0.655. The molecule has 0 bridgehead atoms. The van der Waals surface area contributed by atoms with Crippen molar-refractivity contribution in [3.63, 3.8) is 0 Å². The van der Waals surface area contributed by atoms with Gasteiger partial charge in [0.25, 0.3) is 5.91 Å². The summed E-state index contributed by atoms with van der Waals surface area (Å²) >= 11 is 3.21. The third-order valence-electron chi connectivity index (χ3n) is 1.76. The van der Waals surface area contributed by atoms with E-state index in [9.17, 15) is 4.79 Å². The topological polar surface area (TPSA) is 51.2 Å². The van der Waals surface area contributed by atoms with Crippen molar-refractivity contribution in [2.75, 3.05) is 20.3 Å². The smallest absolute Gasteiger partial charge is 0.269 e. The second-order valence-electron chi connectivity index (χ2n) is 2.95. The second-order valence-corrected chi connectivity index (χ2v) is 3.76. The van der Waals surface area contributed by atoms with Crippen LogP contribution in [0.4, 0.5) is 0 Å². The number of carbonyl (C=O) groups excluding carboxylic acids is 1. The van der Waals surface area contributed by atoms with Gasteiger partial charge in [0.15, 0.2) is 0 Å². The molecule has 0 aliphatic carbocycles. The first kappa shape index (κ1) is 12.1. The summed E-state index contributed by atoms with van der Waals surface area (Å²) in [6.45, 7) is 1.24. The first-order valence-electron chi connectivity index (χ1n) is 4.63. The molecule has 0 saturated heterocycles. The predicted molar refractivity (Wildman–Crippen MR) is 60.8 cm³/mol. The summed E-state index contributed by atoms with van der Waals surface area (Å²) in [5.74, 6) is -0.160. The zero-order valence-corrected chi connectivity index (χ0v) is 10.1. The summed E-state index contributed by atoms with van der Waals surface area (Å²) in [7, 11) is 1.64. The first-order valence-corrected chi connectivity index (χ1v) is 5.43. The van der Waals surface area contributed by atoms with Gasteiger partial charge in [-0.05, 0) is 34.5 Å². The lowest BCUT2D eigenvalue weighted by Crippen LogP contribution is -2.26. The number of rotatable bonds is 5. The van der Waals surface area contributed by atoms with Gasteiger partial charge in [-0.1, -0.05) is 6.07 Å². The average molecular weight is 273 g/mol. The molecular formula is C10H13BrN2O2. The Balaban J connectivity index is 2.40. The van der Waals surface area contributed by atoms with E-state index in [1.54, 1.807) is 25.3 Å². The zero-order valence-electron chi connectivity index (χ0n) is 8.50. The van der Waals surface area contributed by atoms with E-state index in [4.69, 9.17) is 4.74 Å². The Kier molecular flexibility index (Phi) is 5.28. The van der Waals surface area contributed by atoms with Crippen molar-refractivity contribution in [3.05, 3.63) is 28.5 Å². The highest BCUT2D eigenvalue weighted by Crippen LogP contribution is 2.05. The van der Waals surface area contributed by atoms with Gasteiger partial charge in [0.2, 0.25) is 0 Å². The number of amides is 1. The van der Waals surface area contributed by atoms with Crippen LogP contribution in [0, 0.1) is 0 Å². The standard InChI is InChI=1S/C10H13BrN2O2/c1-15-7-3-6-12-10(14)8-4-2-5-9(11)13-8/h2,4-5H,3,6-7H2,1H3,(H,12,14). The predicted octanol–water partition coefficient (Wildman–Crippen LogP) is 1.61. The minimum atomic E-state index is -0.160. The molecule has 1 heterocycles. The van der Waals surface area contributed by atoms with Crippen molar-refractivity contribution in [1.82, 2.24) is 10.3 Å². The van der Waals surface area contributed by atoms with E-state index in [1.165, 1.54) is 0 Å². The van der Waals surface area contributed by atoms with Crippen LogP contribution in [-0.2, 0) is 4.74 Å². The number of halogens is 1. The van der Waals surface area contributed by atoms with Crippen LogP contribution < -0.4 is 5.32 Å². The molecule has 0 atom stereocenters. The molecule has 1 N–H and O–H groups in total. The van der Waals surface area contributed by atoms with E-state index >= 15 is 0 Å². The van der Waals surface area contributed by atoms with Crippen molar-refractivity contribution < 1.29 is 9.53 Å². The van der Waals surface area contributed by atoms with Gasteiger partial charge in [0.1, 0.15) is 10.3 Å². The fraction of sp³-hybridized carbons (Fsp3) is 0.400. The molecule has 1 rings (SSSR count).